The molecule has 3 heterocycles. The van der Waals surface area contributed by atoms with Gasteiger partial charge in [-0.25, -0.2) is 0 Å². The number of nitrogens with zero attached hydrogens (tertiary/aromatic N) is 3. The van der Waals surface area contributed by atoms with Gasteiger partial charge in [0.15, 0.2) is 17.2 Å². The Labute approximate surface area is 169 Å². The number of carbonyl (C=O) groups is 2. The van der Waals surface area contributed by atoms with E-state index in [2.05, 4.69) is 21.5 Å². The Balaban J connectivity index is 1.21. The van der Waals surface area contributed by atoms with E-state index in [4.69, 9.17) is 15.9 Å². The Morgan fingerprint density at radius 3 is 2.69 bits per heavy atom. The minimum absolute atomic E-state index is 0.0280. The van der Waals surface area contributed by atoms with Crippen molar-refractivity contribution in [2.45, 2.75) is 44.2 Å². The van der Waals surface area contributed by atoms with Crippen molar-refractivity contribution >= 4 is 17.5 Å². The van der Waals surface area contributed by atoms with Crippen LogP contribution in [0.25, 0.3) is 0 Å². The molecular formula is C21H24N4O4. The van der Waals surface area contributed by atoms with E-state index in [9.17, 15) is 9.59 Å². The van der Waals surface area contributed by atoms with Gasteiger partial charge in [0.2, 0.25) is 18.6 Å². The largest absolute Gasteiger partial charge is 0.454 e. The number of benzene rings is 1. The SMILES string of the molecule is C#CCCC1(CCC(=O)N2CCC(C(=O)Nc3ccc4c(c3)OCO4)CC2)N=N1. The first-order valence-corrected chi connectivity index (χ1v) is 9.94. The van der Waals surface area contributed by atoms with Crippen LogP contribution in [0.5, 0.6) is 11.5 Å². The molecule has 1 N–H and O–H groups in total. The van der Waals surface area contributed by atoms with Crippen LogP contribution in [0.15, 0.2) is 28.4 Å². The number of carbonyl (C=O) groups excluding carboxylic acids is 2. The van der Waals surface area contributed by atoms with Crippen molar-refractivity contribution in [2.75, 3.05) is 25.2 Å². The normalized spacial score (nSPS) is 18.9. The highest BCUT2D eigenvalue weighted by atomic mass is 16.7. The average molecular weight is 396 g/mol. The highest BCUT2D eigenvalue weighted by Gasteiger charge is 2.40. The first-order valence-electron chi connectivity index (χ1n) is 9.94. The van der Waals surface area contributed by atoms with Gasteiger partial charge in [0.1, 0.15) is 0 Å². The van der Waals surface area contributed by atoms with Crippen molar-refractivity contribution in [1.29, 1.82) is 0 Å². The lowest BCUT2D eigenvalue weighted by Gasteiger charge is -2.31. The molecular weight excluding hydrogens is 372 g/mol. The molecule has 0 spiro atoms. The van der Waals surface area contributed by atoms with Crippen LogP contribution >= 0.6 is 0 Å². The number of piperidine rings is 1. The molecule has 8 heteroatoms. The highest BCUT2D eigenvalue weighted by Crippen LogP contribution is 2.38. The number of terminal acetylenes is 1. The third-order valence-corrected chi connectivity index (χ3v) is 5.65. The molecule has 4 rings (SSSR count). The summed E-state index contributed by atoms with van der Waals surface area (Å²) in [6, 6.07) is 5.35. The smallest absolute Gasteiger partial charge is 0.231 e. The summed E-state index contributed by atoms with van der Waals surface area (Å²) in [5.74, 6) is 3.87. The van der Waals surface area contributed by atoms with Crippen LogP contribution in [-0.4, -0.2) is 42.3 Å². The van der Waals surface area contributed by atoms with Crippen LogP contribution in [0.4, 0.5) is 5.69 Å². The summed E-state index contributed by atoms with van der Waals surface area (Å²) in [5, 5.41) is 11.1. The monoisotopic (exact) mass is 396 g/mol. The Morgan fingerprint density at radius 1 is 1.21 bits per heavy atom. The summed E-state index contributed by atoms with van der Waals surface area (Å²) >= 11 is 0. The number of nitrogens with one attached hydrogen (secondary N) is 1. The number of rotatable bonds is 7. The quantitative estimate of drug-likeness (QED) is 0.717. The molecule has 0 saturated carbocycles. The second kappa shape index (κ2) is 8.11. The fourth-order valence-corrected chi connectivity index (χ4v) is 3.74. The van der Waals surface area contributed by atoms with Gasteiger partial charge in [0, 0.05) is 56.4 Å². The van der Waals surface area contributed by atoms with Gasteiger partial charge in [-0.2, -0.15) is 10.2 Å². The van der Waals surface area contributed by atoms with Gasteiger partial charge in [-0.15, -0.1) is 12.3 Å². The molecule has 0 aromatic heterocycles. The zero-order valence-electron chi connectivity index (χ0n) is 16.2. The predicted molar refractivity (Wildman–Crippen MR) is 105 cm³/mol. The molecule has 0 radical (unpaired) electrons. The molecule has 1 fully saturated rings. The molecule has 0 bridgehead atoms. The van der Waals surface area contributed by atoms with Crippen molar-refractivity contribution in [2.24, 2.45) is 16.1 Å². The number of hydrogen-bond donors (Lipinski definition) is 1. The first-order chi connectivity index (χ1) is 14.1. The molecule has 1 aromatic rings. The maximum Gasteiger partial charge on any atom is 0.231 e. The van der Waals surface area contributed by atoms with Crippen LogP contribution in [0, 0.1) is 18.3 Å². The molecule has 152 valence electrons. The van der Waals surface area contributed by atoms with Gasteiger partial charge in [0.25, 0.3) is 0 Å². The molecule has 2 amide bonds. The van der Waals surface area contributed by atoms with E-state index in [1.165, 1.54) is 0 Å². The molecule has 0 aliphatic carbocycles. The van der Waals surface area contributed by atoms with Crippen LogP contribution in [0.2, 0.25) is 0 Å². The van der Waals surface area contributed by atoms with Crippen LogP contribution in [0.3, 0.4) is 0 Å². The van der Waals surface area contributed by atoms with Crippen molar-refractivity contribution in [3.05, 3.63) is 18.2 Å². The summed E-state index contributed by atoms with van der Waals surface area (Å²) in [5.41, 5.74) is 0.261. The highest BCUT2D eigenvalue weighted by molar-refractivity contribution is 5.93. The third kappa shape index (κ3) is 4.50. The number of anilines is 1. The number of amides is 2. The molecule has 29 heavy (non-hydrogen) atoms. The fraction of sp³-hybridized carbons (Fsp3) is 0.524. The van der Waals surface area contributed by atoms with Gasteiger partial charge in [0.05, 0.1) is 0 Å². The number of likely N-dealkylation sites (tertiary alicyclic amines) is 1. The summed E-state index contributed by atoms with van der Waals surface area (Å²) in [4.78, 5) is 26.9. The van der Waals surface area contributed by atoms with E-state index in [0.29, 0.717) is 68.8 Å². The lowest BCUT2D eigenvalue weighted by atomic mass is 9.95. The van der Waals surface area contributed by atoms with E-state index in [1.54, 1.807) is 18.2 Å². The van der Waals surface area contributed by atoms with Crippen molar-refractivity contribution in [1.82, 2.24) is 4.90 Å². The zero-order valence-corrected chi connectivity index (χ0v) is 16.2. The standard InChI is InChI=1S/C21H24N4O4/c1-2-3-9-21(23-24-21)10-6-19(26)25-11-7-15(8-12-25)20(27)22-16-4-5-17-18(13-16)29-14-28-17/h1,4-5,13,15H,3,6-12,14H2,(H,22,27). The fourth-order valence-electron chi connectivity index (χ4n) is 3.74. The maximum absolute atomic E-state index is 12.6. The molecule has 0 unspecified atom stereocenters. The van der Waals surface area contributed by atoms with Gasteiger partial charge < -0.3 is 19.7 Å². The van der Waals surface area contributed by atoms with E-state index >= 15 is 0 Å². The minimum atomic E-state index is -0.426. The second-order valence-corrected chi connectivity index (χ2v) is 7.60. The summed E-state index contributed by atoms with van der Waals surface area (Å²) < 4.78 is 10.6. The topological polar surface area (TPSA) is 92.6 Å². The number of ether oxygens (including phenoxy) is 2. The maximum atomic E-state index is 12.6. The van der Waals surface area contributed by atoms with Gasteiger partial charge in [-0.1, -0.05) is 0 Å². The van der Waals surface area contributed by atoms with Gasteiger partial charge in [-0.3, -0.25) is 9.59 Å². The van der Waals surface area contributed by atoms with E-state index < -0.39 is 5.66 Å². The van der Waals surface area contributed by atoms with Crippen molar-refractivity contribution in [3.63, 3.8) is 0 Å². The minimum Gasteiger partial charge on any atom is -0.454 e. The predicted octanol–water partition coefficient (Wildman–Crippen LogP) is 2.95. The van der Waals surface area contributed by atoms with Crippen LogP contribution < -0.4 is 14.8 Å². The van der Waals surface area contributed by atoms with Gasteiger partial charge in [-0.05, 0) is 25.0 Å². The van der Waals surface area contributed by atoms with Crippen LogP contribution in [0.1, 0.15) is 38.5 Å². The Kier molecular flexibility index (Phi) is 5.38. The molecule has 3 aliphatic rings. The van der Waals surface area contributed by atoms with E-state index in [0.717, 1.165) is 0 Å². The lowest BCUT2D eigenvalue weighted by molar-refractivity contribution is -0.134. The summed E-state index contributed by atoms with van der Waals surface area (Å²) in [7, 11) is 0. The van der Waals surface area contributed by atoms with Gasteiger partial charge >= 0.3 is 0 Å². The molecule has 1 aromatic carbocycles. The molecule has 1 saturated heterocycles. The Hall–Kier alpha value is -3.08. The average Bonchev–Trinajstić information content (AvgIpc) is 3.37. The molecule has 8 nitrogen and oxygen atoms in total. The van der Waals surface area contributed by atoms with Crippen LogP contribution in [-0.2, 0) is 9.59 Å². The first kappa shape index (κ1) is 19.2. The number of fused-ring (bicyclic) bond motifs is 1. The Bertz CT molecular complexity index is 862. The summed E-state index contributed by atoms with van der Waals surface area (Å²) in [6.07, 6.45) is 8.94. The van der Waals surface area contributed by atoms with E-state index in [-0.39, 0.29) is 24.5 Å². The lowest BCUT2D eigenvalue weighted by Crippen LogP contribution is -2.41. The summed E-state index contributed by atoms with van der Waals surface area (Å²) in [6.45, 7) is 1.37. The Morgan fingerprint density at radius 2 is 1.97 bits per heavy atom. The second-order valence-electron chi connectivity index (χ2n) is 7.60. The van der Waals surface area contributed by atoms with E-state index in [1.807, 2.05) is 4.90 Å². The van der Waals surface area contributed by atoms with Crippen molar-refractivity contribution in [3.8, 4) is 23.8 Å². The zero-order chi connectivity index (χ0) is 20.3. The molecule has 3 aliphatic heterocycles. The van der Waals surface area contributed by atoms with Crippen molar-refractivity contribution < 1.29 is 19.1 Å². The third-order valence-electron chi connectivity index (χ3n) is 5.65. The molecule has 0 atom stereocenters. The number of hydrogen-bond acceptors (Lipinski definition) is 6.